The minimum absolute atomic E-state index is 0.223. The second kappa shape index (κ2) is 6.25. The molecule has 1 rings (SSSR count). The Morgan fingerprint density at radius 3 is 2.58 bits per heavy atom. The maximum absolute atomic E-state index is 12.1. The molecule has 0 aromatic heterocycles. The van der Waals surface area contributed by atoms with Crippen molar-refractivity contribution < 1.29 is 8.42 Å². The fourth-order valence-electron chi connectivity index (χ4n) is 2.00. The maximum Gasteiger partial charge on any atom is 0.242 e. The van der Waals surface area contributed by atoms with E-state index in [0.29, 0.717) is 11.4 Å². The Morgan fingerprint density at radius 1 is 1.42 bits per heavy atom. The molecule has 0 aliphatic rings. The van der Waals surface area contributed by atoms with Crippen molar-refractivity contribution in [2.24, 2.45) is 0 Å². The maximum atomic E-state index is 12.1. The van der Waals surface area contributed by atoms with Gasteiger partial charge in [-0.3, -0.25) is 0 Å². The molecule has 6 heteroatoms. The Balaban J connectivity index is 3.28. The van der Waals surface area contributed by atoms with Crippen LogP contribution in [-0.2, 0) is 10.0 Å². The second-order valence-electron chi connectivity index (χ2n) is 4.68. The summed E-state index contributed by atoms with van der Waals surface area (Å²) in [4.78, 5) is 2.20. The predicted octanol–water partition coefficient (Wildman–Crippen LogP) is 1.80. The monoisotopic (exact) mass is 285 g/mol. The summed E-state index contributed by atoms with van der Waals surface area (Å²) < 4.78 is 26.5. The lowest BCUT2D eigenvalue weighted by atomic mass is 10.1. The zero-order valence-electron chi connectivity index (χ0n) is 12.0. The van der Waals surface area contributed by atoms with Crippen LogP contribution >= 0.6 is 0 Å². The van der Waals surface area contributed by atoms with E-state index in [0.717, 1.165) is 12.8 Å². The highest BCUT2D eigenvalue weighted by molar-refractivity contribution is 7.89. The molecular weight excluding hydrogens is 262 g/mol. The number of rotatable bonds is 6. The summed E-state index contributed by atoms with van der Waals surface area (Å²) in [5.41, 5.74) is 6.81. The van der Waals surface area contributed by atoms with E-state index in [4.69, 9.17) is 5.73 Å². The summed E-state index contributed by atoms with van der Waals surface area (Å²) in [7, 11) is -0.213. The first kappa shape index (κ1) is 15.8. The topological polar surface area (TPSA) is 75.4 Å². The van der Waals surface area contributed by atoms with Crippen LogP contribution < -0.4 is 15.4 Å². The summed E-state index contributed by atoms with van der Waals surface area (Å²) in [5, 5.41) is 0. The molecule has 0 aliphatic carbocycles. The van der Waals surface area contributed by atoms with Gasteiger partial charge in [-0.2, -0.15) is 0 Å². The fourth-order valence-corrected chi connectivity index (χ4v) is 2.99. The molecule has 108 valence electrons. The van der Waals surface area contributed by atoms with Crippen molar-refractivity contribution in [3.8, 4) is 0 Å². The smallest absolute Gasteiger partial charge is 0.242 e. The molecule has 0 saturated carbocycles. The Labute approximate surface area is 115 Å². The normalized spacial score (nSPS) is 13.3. The second-order valence-corrected chi connectivity index (χ2v) is 6.54. The van der Waals surface area contributed by atoms with Crippen molar-refractivity contribution in [1.82, 2.24) is 4.72 Å². The number of benzene rings is 1. The van der Waals surface area contributed by atoms with E-state index in [-0.39, 0.29) is 10.9 Å². The van der Waals surface area contributed by atoms with Gasteiger partial charge in [-0.15, -0.1) is 0 Å². The molecule has 0 saturated heterocycles. The summed E-state index contributed by atoms with van der Waals surface area (Å²) in [6.45, 7) is 4.19. The number of nitrogens with zero attached hydrogens (tertiary/aromatic N) is 1. The largest absolute Gasteiger partial charge is 0.399 e. The van der Waals surface area contributed by atoms with Gasteiger partial charge in [-0.25, -0.2) is 13.1 Å². The molecule has 0 heterocycles. The lowest BCUT2D eigenvalue weighted by Crippen LogP contribution is -2.31. The summed E-state index contributed by atoms with van der Waals surface area (Å²) >= 11 is 0. The van der Waals surface area contributed by atoms with Crippen molar-refractivity contribution >= 4 is 21.4 Å². The standard InChI is InChI=1S/C13H23N3O2S/c1-5-6-10(2)16(4)12-8-7-11(14)9-13(12)19(17,18)15-3/h7-10,15H,5-6,14H2,1-4H3. The predicted molar refractivity (Wildman–Crippen MR) is 79.9 cm³/mol. The molecule has 0 spiro atoms. The van der Waals surface area contributed by atoms with Gasteiger partial charge in [-0.1, -0.05) is 13.3 Å². The first-order chi connectivity index (χ1) is 8.83. The summed E-state index contributed by atoms with van der Waals surface area (Å²) in [6, 6.07) is 5.24. The van der Waals surface area contributed by atoms with Gasteiger partial charge >= 0.3 is 0 Å². The molecule has 0 amide bonds. The number of hydrogen-bond donors (Lipinski definition) is 2. The summed E-state index contributed by atoms with van der Waals surface area (Å²) in [5.74, 6) is 0. The molecular formula is C13H23N3O2S. The lowest BCUT2D eigenvalue weighted by molar-refractivity contribution is 0.584. The molecule has 5 nitrogen and oxygen atoms in total. The third-order valence-corrected chi connectivity index (χ3v) is 4.73. The van der Waals surface area contributed by atoms with Crippen LogP contribution in [0.5, 0.6) is 0 Å². The quantitative estimate of drug-likeness (QED) is 0.782. The molecule has 1 aromatic rings. The molecule has 1 atom stereocenters. The van der Waals surface area contributed by atoms with Crippen molar-refractivity contribution in [3.05, 3.63) is 18.2 Å². The molecule has 0 radical (unpaired) electrons. The van der Waals surface area contributed by atoms with Crippen LogP contribution in [0, 0.1) is 0 Å². The molecule has 0 bridgehead atoms. The van der Waals surface area contributed by atoms with Crippen molar-refractivity contribution in [2.45, 2.75) is 37.6 Å². The number of anilines is 2. The lowest BCUT2D eigenvalue weighted by Gasteiger charge is -2.28. The molecule has 1 aromatic carbocycles. The van der Waals surface area contributed by atoms with Crippen LogP contribution in [0.2, 0.25) is 0 Å². The van der Waals surface area contributed by atoms with Gasteiger partial charge in [0.2, 0.25) is 10.0 Å². The number of hydrogen-bond acceptors (Lipinski definition) is 4. The minimum Gasteiger partial charge on any atom is -0.399 e. The van der Waals surface area contributed by atoms with Crippen molar-refractivity contribution in [2.75, 3.05) is 24.7 Å². The molecule has 0 aliphatic heterocycles. The van der Waals surface area contributed by atoms with Gasteiger partial charge < -0.3 is 10.6 Å². The minimum atomic E-state index is -3.52. The number of nitrogens with one attached hydrogen (secondary N) is 1. The zero-order chi connectivity index (χ0) is 14.6. The van der Waals surface area contributed by atoms with Gasteiger partial charge in [0.1, 0.15) is 4.90 Å². The van der Waals surface area contributed by atoms with E-state index in [1.165, 1.54) is 13.1 Å². The van der Waals surface area contributed by atoms with Crippen LogP contribution in [0.1, 0.15) is 26.7 Å². The third kappa shape index (κ3) is 3.61. The molecule has 3 N–H and O–H groups in total. The Bertz CT molecular complexity index is 529. The van der Waals surface area contributed by atoms with Crippen LogP contribution in [0.25, 0.3) is 0 Å². The first-order valence-electron chi connectivity index (χ1n) is 6.39. The first-order valence-corrected chi connectivity index (χ1v) is 7.87. The highest BCUT2D eigenvalue weighted by Crippen LogP contribution is 2.28. The van der Waals surface area contributed by atoms with Gasteiger partial charge in [0, 0.05) is 18.8 Å². The van der Waals surface area contributed by atoms with E-state index in [1.807, 2.05) is 11.9 Å². The molecule has 19 heavy (non-hydrogen) atoms. The van der Waals surface area contributed by atoms with Crippen molar-refractivity contribution in [1.29, 1.82) is 0 Å². The average Bonchev–Trinajstić information content (AvgIpc) is 2.38. The van der Waals surface area contributed by atoms with Gasteiger partial charge in [-0.05, 0) is 38.6 Å². The van der Waals surface area contributed by atoms with E-state index < -0.39 is 10.0 Å². The van der Waals surface area contributed by atoms with E-state index in [2.05, 4.69) is 18.6 Å². The van der Waals surface area contributed by atoms with E-state index in [9.17, 15) is 8.42 Å². The Kier molecular flexibility index (Phi) is 5.20. The van der Waals surface area contributed by atoms with Gasteiger partial charge in [0.05, 0.1) is 5.69 Å². The van der Waals surface area contributed by atoms with Crippen LogP contribution in [0.4, 0.5) is 11.4 Å². The SMILES string of the molecule is CCCC(C)N(C)c1ccc(N)cc1S(=O)(=O)NC. The molecule has 0 fully saturated rings. The average molecular weight is 285 g/mol. The number of sulfonamides is 1. The van der Waals surface area contributed by atoms with Crippen LogP contribution in [-0.4, -0.2) is 28.6 Å². The van der Waals surface area contributed by atoms with Crippen LogP contribution in [0.15, 0.2) is 23.1 Å². The fraction of sp³-hybridized carbons (Fsp3) is 0.538. The molecule has 1 unspecified atom stereocenters. The highest BCUT2D eigenvalue weighted by Gasteiger charge is 2.21. The van der Waals surface area contributed by atoms with Crippen molar-refractivity contribution in [3.63, 3.8) is 0 Å². The summed E-state index contributed by atoms with van der Waals surface area (Å²) in [6.07, 6.45) is 2.05. The van der Waals surface area contributed by atoms with E-state index in [1.54, 1.807) is 12.1 Å². The van der Waals surface area contributed by atoms with Gasteiger partial charge in [0.15, 0.2) is 0 Å². The van der Waals surface area contributed by atoms with Crippen LogP contribution in [0.3, 0.4) is 0 Å². The van der Waals surface area contributed by atoms with E-state index >= 15 is 0 Å². The third-order valence-electron chi connectivity index (χ3n) is 3.29. The number of nitrogens with two attached hydrogens (primary N) is 1. The highest BCUT2D eigenvalue weighted by atomic mass is 32.2. The number of nitrogen functional groups attached to an aromatic ring is 1. The van der Waals surface area contributed by atoms with Gasteiger partial charge in [0.25, 0.3) is 0 Å². The Hall–Kier alpha value is -1.27. The zero-order valence-corrected chi connectivity index (χ0v) is 12.8. The Morgan fingerprint density at radius 2 is 2.05 bits per heavy atom.